The first-order chi connectivity index (χ1) is 8.13. The maximum Gasteiger partial charge on any atom is 0.262 e. The van der Waals surface area contributed by atoms with Crippen LogP contribution in [-0.2, 0) is 11.3 Å². The topological polar surface area (TPSA) is 44.1 Å². The molecule has 17 heavy (non-hydrogen) atoms. The van der Waals surface area contributed by atoms with Crippen molar-refractivity contribution in [3.05, 3.63) is 39.9 Å². The second-order valence-corrected chi connectivity index (χ2v) is 4.29. The van der Waals surface area contributed by atoms with E-state index in [0.717, 1.165) is 0 Å². The quantitative estimate of drug-likeness (QED) is 0.840. The lowest BCUT2D eigenvalue weighted by Crippen LogP contribution is -2.26. The third-order valence-corrected chi connectivity index (χ3v) is 2.97. The van der Waals surface area contributed by atoms with E-state index in [2.05, 4.69) is 4.98 Å². The Balaban J connectivity index is 2.57. The van der Waals surface area contributed by atoms with E-state index in [0.29, 0.717) is 22.5 Å². The highest BCUT2D eigenvalue weighted by atomic mass is 35.5. The highest BCUT2D eigenvalue weighted by Crippen LogP contribution is 2.17. The molecule has 0 bridgehead atoms. The van der Waals surface area contributed by atoms with Crippen LogP contribution in [0.25, 0.3) is 10.9 Å². The lowest BCUT2D eigenvalue weighted by Gasteiger charge is -2.12. The minimum absolute atomic E-state index is 0.0468. The zero-order valence-corrected chi connectivity index (χ0v) is 10.4. The van der Waals surface area contributed by atoms with Crippen molar-refractivity contribution in [2.75, 3.05) is 7.11 Å². The first-order valence-electron chi connectivity index (χ1n) is 5.30. The Kier molecular flexibility index (Phi) is 3.45. The lowest BCUT2D eigenvalue weighted by molar-refractivity contribution is 0.102. The summed E-state index contributed by atoms with van der Waals surface area (Å²) in [5, 5.41) is 0.888. The van der Waals surface area contributed by atoms with E-state index >= 15 is 0 Å². The number of hydrogen-bond donors (Lipinski definition) is 0. The van der Waals surface area contributed by atoms with E-state index in [1.807, 2.05) is 6.92 Å². The first kappa shape index (κ1) is 12.1. The Bertz CT molecular complexity index is 595. The molecule has 4 nitrogen and oxygen atoms in total. The summed E-state index contributed by atoms with van der Waals surface area (Å²) >= 11 is 6.02. The molecule has 1 unspecified atom stereocenters. The number of nitrogens with zero attached hydrogens (tertiary/aromatic N) is 2. The van der Waals surface area contributed by atoms with Crippen LogP contribution in [0.1, 0.15) is 6.92 Å². The van der Waals surface area contributed by atoms with Gasteiger partial charge in [0.1, 0.15) is 0 Å². The van der Waals surface area contributed by atoms with Crippen LogP contribution in [0.15, 0.2) is 29.3 Å². The summed E-state index contributed by atoms with van der Waals surface area (Å²) in [6, 6.07) is 5.24. The second-order valence-electron chi connectivity index (χ2n) is 3.88. The summed E-state index contributed by atoms with van der Waals surface area (Å²) in [5.41, 5.74) is 0.480. The van der Waals surface area contributed by atoms with Crippen molar-refractivity contribution in [1.82, 2.24) is 9.55 Å². The molecule has 1 heterocycles. The van der Waals surface area contributed by atoms with Crippen molar-refractivity contribution in [3.63, 3.8) is 0 Å². The summed E-state index contributed by atoms with van der Waals surface area (Å²) in [4.78, 5) is 16.4. The average Bonchev–Trinajstić information content (AvgIpc) is 2.32. The van der Waals surface area contributed by atoms with Crippen molar-refractivity contribution in [2.24, 2.45) is 0 Å². The standard InChI is InChI=1S/C12H13ClN2O2/c1-8(17-2)6-15-7-14-10-5-3-4-9(13)11(10)12(15)16/h3-5,7-8H,6H2,1-2H3. The fraction of sp³-hybridized carbons (Fsp3) is 0.333. The van der Waals surface area contributed by atoms with Gasteiger partial charge in [0.05, 0.1) is 34.9 Å². The SMILES string of the molecule is COC(C)Cn1cnc2cccc(Cl)c2c1=O. The number of halogens is 1. The van der Waals surface area contributed by atoms with Gasteiger partial charge in [-0.2, -0.15) is 0 Å². The van der Waals surface area contributed by atoms with Crippen LogP contribution in [0.3, 0.4) is 0 Å². The van der Waals surface area contributed by atoms with E-state index in [1.165, 1.54) is 10.9 Å². The van der Waals surface area contributed by atoms with E-state index in [4.69, 9.17) is 16.3 Å². The van der Waals surface area contributed by atoms with Gasteiger partial charge in [-0.15, -0.1) is 0 Å². The average molecular weight is 253 g/mol. The molecule has 0 amide bonds. The fourth-order valence-corrected chi connectivity index (χ4v) is 1.89. The lowest BCUT2D eigenvalue weighted by atomic mass is 10.2. The van der Waals surface area contributed by atoms with E-state index in [9.17, 15) is 4.79 Å². The van der Waals surface area contributed by atoms with Crippen LogP contribution in [0.4, 0.5) is 0 Å². The molecule has 0 saturated heterocycles. The van der Waals surface area contributed by atoms with Crippen LogP contribution < -0.4 is 5.56 Å². The Morgan fingerprint density at radius 1 is 1.53 bits per heavy atom. The van der Waals surface area contributed by atoms with Gasteiger partial charge in [0, 0.05) is 7.11 Å². The molecular weight excluding hydrogens is 240 g/mol. The Morgan fingerprint density at radius 2 is 2.29 bits per heavy atom. The molecular formula is C12H13ClN2O2. The molecule has 0 aliphatic heterocycles. The predicted octanol–water partition coefficient (Wildman–Crippen LogP) is 2.08. The monoisotopic (exact) mass is 252 g/mol. The van der Waals surface area contributed by atoms with E-state index < -0.39 is 0 Å². The van der Waals surface area contributed by atoms with Crippen LogP contribution in [0.2, 0.25) is 5.02 Å². The van der Waals surface area contributed by atoms with Gasteiger partial charge in [0.25, 0.3) is 5.56 Å². The van der Waals surface area contributed by atoms with Crippen molar-refractivity contribution in [2.45, 2.75) is 19.6 Å². The number of ether oxygens (including phenoxy) is 1. The van der Waals surface area contributed by atoms with Gasteiger partial charge in [0.2, 0.25) is 0 Å². The van der Waals surface area contributed by atoms with Crippen molar-refractivity contribution in [1.29, 1.82) is 0 Å². The molecule has 0 saturated carbocycles. The van der Waals surface area contributed by atoms with Gasteiger partial charge in [0.15, 0.2) is 0 Å². The minimum Gasteiger partial charge on any atom is -0.380 e. The highest BCUT2D eigenvalue weighted by Gasteiger charge is 2.09. The summed E-state index contributed by atoms with van der Waals surface area (Å²) in [5.74, 6) is 0. The molecule has 0 radical (unpaired) electrons. The molecule has 1 aromatic heterocycles. The molecule has 1 aromatic carbocycles. The summed E-state index contributed by atoms with van der Waals surface area (Å²) in [6.07, 6.45) is 1.48. The Labute approximate surface area is 104 Å². The van der Waals surface area contributed by atoms with Crippen molar-refractivity contribution >= 4 is 22.5 Å². The third kappa shape index (κ3) is 2.33. The molecule has 0 fully saturated rings. The molecule has 2 rings (SSSR count). The zero-order valence-electron chi connectivity index (χ0n) is 9.68. The van der Waals surface area contributed by atoms with Gasteiger partial charge in [-0.3, -0.25) is 9.36 Å². The normalized spacial score (nSPS) is 12.9. The Morgan fingerprint density at radius 3 is 3.00 bits per heavy atom. The van der Waals surface area contributed by atoms with Gasteiger partial charge in [-0.1, -0.05) is 17.7 Å². The van der Waals surface area contributed by atoms with Crippen LogP contribution in [0, 0.1) is 0 Å². The number of rotatable bonds is 3. The van der Waals surface area contributed by atoms with Crippen molar-refractivity contribution in [3.8, 4) is 0 Å². The van der Waals surface area contributed by atoms with Crippen LogP contribution in [-0.4, -0.2) is 22.8 Å². The molecule has 0 aliphatic rings. The molecule has 0 aliphatic carbocycles. The number of hydrogen-bond acceptors (Lipinski definition) is 3. The molecule has 0 spiro atoms. The molecule has 5 heteroatoms. The van der Waals surface area contributed by atoms with E-state index in [-0.39, 0.29) is 11.7 Å². The predicted molar refractivity (Wildman–Crippen MR) is 67.5 cm³/mol. The van der Waals surface area contributed by atoms with Gasteiger partial charge >= 0.3 is 0 Å². The molecule has 1 atom stereocenters. The van der Waals surface area contributed by atoms with Crippen LogP contribution >= 0.6 is 11.6 Å². The number of aromatic nitrogens is 2. The fourth-order valence-electron chi connectivity index (χ4n) is 1.64. The third-order valence-electron chi connectivity index (χ3n) is 2.66. The summed E-state index contributed by atoms with van der Waals surface area (Å²) < 4.78 is 6.65. The number of benzene rings is 1. The largest absolute Gasteiger partial charge is 0.380 e. The maximum absolute atomic E-state index is 12.2. The second kappa shape index (κ2) is 4.85. The first-order valence-corrected chi connectivity index (χ1v) is 5.67. The molecule has 90 valence electrons. The van der Waals surface area contributed by atoms with Crippen molar-refractivity contribution < 1.29 is 4.74 Å². The van der Waals surface area contributed by atoms with E-state index in [1.54, 1.807) is 25.3 Å². The minimum atomic E-state index is -0.135. The highest BCUT2D eigenvalue weighted by molar-refractivity contribution is 6.35. The summed E-state index contributed by atoms with van der Waals surface area (Å²) in [6.45, 7) is 2.35. The Hall–Kier alpha value is -1.39. The van der Waals surface area contributed by atoms with Gasteiger partial charge in [-0.25, -0.2) is 4.98 Å². The number of fused-ring (bicyclic) bond motifs is 1. The molecule has 2 aromatic rings. The van der Waals surface area contributed by atoms with Gasteiger partial charge < -0.3 is 4.74 Å². The number of methoxy groups -OCH3 is 1. The smallest absolute Gasteiger partial charge is 0.262 e. The van der Waals surface area contributed by atoms with Gasteiger partial charge in [-0.05, 0) is 19.1 Å². The zero-order chi connectivity index (χ0) is 12.4. The van der Waals surface area contributed by atoms with Crippen LogP contribution in [0.5, 0.6) is 0 Å². The molecule has 0 N–H and O–H groups in total. The maximum atomic E-state index is 12.2. The summed E-state index contributed by atoms with van der Waals surface area (Å²) in [7, 11) is 1.61.